The Morgan fingerprint density at radius 3 is 2.44 bits per heavy atom. The minimum atomic E-state index is -1.15. The Hall–Kier alpha value is -4.02. The van der Waals surface area contributed by atoms with Crippen LogP contribution in [-0.2, 0) is 9.59 Å². The second-order valence-corrected chi connectivity index (χ2v) is 9.26. The Morgan fingerprint density at radius 2 is 1.78 bits per heavy atom. The zero-order chi connectivity index (χ0) is 25.7. The van der Waals surface area contributed by atoms with Gasteiger partial charge in [-0.05, 0) is 42.0 Å². The molecule has 1 atom stereocenters. The summed E-state index contributed by atoms with van der Waals surface area (Å²) in [4.78, 5) is 31.8. The number of carbonyl (C=O) groups is 2. The molecular formula is C25H15ClF2N2O5S. The number of nitrogens with zero attached hydrogens (tertiary/aromatic N) is 2. The van der Waals surface area contributed by atoms with E-state index in [1.54, 1.807) is 0 Å². The molecule has 0 bridgehead atoms. The number of aliphatic hydroxyl groups excluding tert-OH is 1. The standard InChI is InChI=1S/C25H15ClF2N2O5S/c1-35-18-7-4-12(8-14(18)26)22(32)20-21(11-2-5-13(31)6-3-11)30(24(34)23(20)33)25-29-17-9-15(27)16(28)10-19(17)36-25/h2-10,21,31-32H,1H3/b22-20+. The summed E-state index contributed by atoms with van der Waals surface area (Å²) in [5.74, 6) is -4.36. The lowest BCUT2D eigenvalue weighted by Crippen LogP contribution is -2.29. The molecule has 7 nitrogen and oxygen atoms in total. The average Bonchev–Trinajstić information content (AvgIpc) is 3.37. The number of aromatic hydroxyl groups is 1. The van der Waals surface area contributed by atoms with Gasteiger partial charge in [0, 0.05) is 11.6 Å². The molecule has 2 heterocycles. The summed E-state index contributed by atoms with van der Waals surface area (Å²) in [6, 6.07) is 10.8. The van der Waals surface area contributed by atoms with E-state index < -0.39 is 35.1 Å². The van der Waals surface area contributed by atoms with Crippen molar-refractivity contribution in [3.63, 3.8) is 0 Å². The Bertz CT molecular complexity index is 1550. The molecule has 2 N–H and O–H groups in total. The third-order valence-corrected chi connectivity index (χ3v) is 7.02. The predicted octanol–water partition coefficient (Wildman–Crippen LogP) is 5.57. The van der Waals surface area contributed by atoms with Crippen molar-refractivity contribution in [2.45, 2.75) is 6.04 Å². The topological polar surface area (TPSA) is 100.0 Å². The van der Waals surface area contributed by atoms with Crippen LogP contribution in [0.1, 0.15) is 17.2 Å². The monoisotopic (exact) mass is 528 g/mol. The number of phenols is 1. The summed E-state index contributed by atoms with van der Waals surface area (Å²) < 4.78 is 32.9. The lowest BCUT2D eigenvalue weighted by Gasteiger charge is -2.23. The van der Waals surface area contributed by atoms with Crippen LogP contribution in [0.5, 0.6) is 11.5 Å². The van der Waals surface area contributed by atoms with Gasteiger partial charge in [-0.1, -0.05) is 35.1 Å². The van der Waals surface area contributed by atoms with Crippen LogP contribution in [0.3, 0.4) is 0 Å². The van der Waals surface area contributed by atoms with Crippen LogP contribution in [0.15, 0.2) is 60.2 Å². The molecule has 1 fully saturated rings. The highest BCUT2D eigenvalue weighted by Gasteiger charge is 2.48. The van der Waals surface area contributed by atoms with Crippen molar-refractivity contribution >= 4 is 55.7 Å². The molecule has 1 aliphatic heterocycles. The van der Waals surface area contributed by atoms with Gasteiger partial charge in [-0.25, -0.2) is 13.8 Å². The third kappa shape index (κ3) is 3.84. The third-order valence-electron chi connectivity index (χ3n) is 5.70. The van der Waals surface area contributed by atoms with E-state index in [4.69, 9.17) is 16.3 Å². The van der Waals surface area contributed by atoms with Gasteiger partial charge >= 0.3 is 5.91 Å². The fourth-order valence-corrected chi connectivity index (χ4v) is 5.24. The normalized spacial score (nSPS) is 17.2. The number of halogens is 3. The van der Waals surface area contributed by atoms with Gasteiger partial charge < -0.3 is 14.9 Å². The van der Waals surface area contributed by atoms with Crippen LogP contribution in [0.25, 0.3) is 16.0 Å². The van der Waals surface area contributed by atoms with Crippen LogP contribution in [-0.4, -0.2) is 34.0 Å². The Labute approximate surface area is 211 Å². The zero-order valence-electron chi connectivity index (χ0n) is 18.3. The molecule has 1 aliphatic rings. The van der Waals surface area contributed by atoms with Gasteiger partial charge in [0.25, 0.3) is 5.78 Å². The van der Waals surface area contributed by atoms with Crippen LogP contribution in [0, 0.1) is 11.6 Å². The molecule has 36 heavy (non-hydrogen) atoms. The molecule has 0 aliphatic carbocycles. The number of hydrogen-bond acceptors (Lipinski definition) is 7. The molecule has 4 aromatic rings. The minimum absolute atomic E-state index is 0.00184. The van der Waals surface area contributed by atoms with E-state index in [2.05, 4.69) is 4.98 Å². The van der Waals surface area contributed by atoms with Gasteiger partial charge in [-0.2, -0.15) is 0 Å². The van der Waals surface area contributed by atoms with Crippen LogP contribution >= 0.6 is 22.9 Å². The van der Waals surface area contributed by atoms with Crippen molar-refractivity contribution < 1.29 is 33.3 Å². The van der Waals surface area contributed by atoms with Crippen LogP contribution < -0.4 is 9.64 Å². The lowest BCUT2D eigenvalue weighted by atomic mass is 9.95. The molecule has 5 rings (SSSR count). The quantitative estimate of drug-likeness (QED) is 0.204. The van der Waals surface area contributed by atoms with E-state index in [9.17, 15) is 28.6 Å². The predicted molar refractivity (Wildman–Crippen MR) is 130 cm³/mol. The number of amides is 1. The number of phenolic OH excluding ortho intramolecular Hbond substituents is 1. The molecular weight excluding hydrogens is 514 g/mol. The largest absolute Gasteiger partial charge is 0.508 e. The summed E-state index contributed by atoms with van der Waals surface area (Å²) in [7, 11) is 1.42. The van der Waals surface area contributed by atoms with Gasteiger partial charge in [-0.15, -0.1) is 0 Å². The summed E-state index contributed by atoms with van der Waals surface area (Å²) >= 11 is 7.08. The first kappa shape index (κ1) is 23.7. The van der Waals surface area contributed by atoms with Crippen LogP contribution in [0.2, 0.25) is 5.02 Å². The SMILES string of the molecule is COc1ccc(/C(O)=C2\C(=O)C(=O)N(c3nc4cc(F)c(F)cc4s3)C2c2ccc(O)cc2)cc1Cl. The molecule has 182 valence electrons. The Balaban J connectivity index is 1.72. The number of thiazole rings is 1. The van der Waals surface area contributed by atoms with Crippen molar-refractivity contribution in [2.75, 3.05) is 12.0 Å². The number of rotatable bonds is 4. The van der Waals surface area contributed by atoms with Gasteiger partial charge in [0.15, 0.2) is 16.8 Å². The van der Waals surface area contributed by atoms with Crippen molar-refractivity contribution in [3.05, 3.63) is 88.0 Å². The van der Waals surface area contributed by atoms with Gasteiger partial charge in [0.05, 0.1) is 34.0 Å². The molecule has 1 aromatic heterocycles. The first-order chi connectivity index (χ1) is 17.2. The second kappa shape index (κ2) is 8.89. The maximum absolute atomic E-state index is 13.8. The molecule has 1 saturated heterocycles. The van der Waals surface area contributed by atoms with Crippen molar-refractivity contribution in [1.82, 2.24) is 4.98 Å². The van der Waals surface area contributed by atoms with Gasteiger partial charge in [0.2, 0.25) is 0 Å². The number of methoxy groups -OCH3 is 1. The number of anilines is 1. The fraction of sp³-hybridized carbons (Fsp3) is 0.0800. The smallest absolute Gasteiger partial charge is 0.301 e. The molecule has 0 saturated carbocycles. The molecule has 11 heteroatoms. The fourth-order valence-electron chi connectivity index (χ4n) is 3.99. The highest BCUT2D eigenvalue weighted by molar-refractivity contribution is 7.22. The molecule has 0 radical (unpaired) electrons. The van der Waals surface area contributed by atoms with E-state index in [0.717, 1.165) is 28.4 Å². The Kier molecular flexibility index (Phi) is 5.85. The number of carbonyl (C=O) groups excluding carboxylic acids is 2. The van der Waals surface area contributed by atoms with Crippen molar-refractivity contribution in [1.29, 1.82) is 0 Å². The average molecular weight is 529 g/mol. The highest BCUT2D eigenvalue weighted by Crippen LogP contribution is 2.45. The van der Waals surface area contributed by atoms with E-state index in [-0.39, 0.29) is 37.3 Å². The van der Waals surface area contributed by atoms with E-state index in [1.807, 2.05) is 0 Å². The molecule has 0 spiro atoms. The molecule has 1 unspecified atom stereocenters. The molecule has 3 aromatic carbocycles. The minimum Gasteiger partial charge on any atom is -0.508 e. The number of fused-ring (bicyclic) bond motifs is 1. The first-order valence-corrected chi connectivity index (χ1v) is 11.6. The lowest BCUT2D eigenvalue weighted by molar-refractivity contribution is -0.132. The van der Waals surface area contributed by atoms with Gasteiger partial charge in [0.1, 0.15) is 17.3 Å². The Morgan fingerprint density at radius 1 is 1.08 bits per heavy atom. The number of aromatic nitrogens is 1. The highest BCUT2D eigenvalue weighted by atomic mass is 35.5. The summed E-state index contributed by atoms with van der Waals surface area (Å²) in [6.45, 7) is 0. The number of aliphatic hydroxyl groups is 1. The van der Waals surface area contributed by atoms with E-state index in [1.165, 1.54) is 49.6 Å². The summed E-state index contributed by atoms with van der Waals surface area (Å²) in [5, 5.41) is 21.1. The van der Waals surface area contributed by atoms with E-state index >= 15 is 0 Å². The van der Waals surface area contributed by atoms with Crippen molar-refractivity contribution in [2.24, 2.45) is 0 Å². The zero-order valence-corrected chi connectivity index (χ0v) is 19.9. The van der Waals surface area contributed by atoms with Gasteiger partial charge in [-0.3, -0.25) is 14.5 Å². The van der Waals surface area contributed by atoms with Crippen molar-refractivity contribution in [3.8, 4) is 11.5 Å². The number of ketones is 1. The first-order valence-electron chi connectivity index (χ1n) is 10.4. The van der Waals surface area contributed by atoms with E-state index in [0.29, 0.717) is 11.3 Å². The maximum atomic E-state index is 13.8. The number of ether oxygens (including phenoxy) is 1. The van der Waals surface area contributed by atoms with Crippen LogP contribution in [0.4, 0.5) is 13.9 Å². The number of Topliss-reactive ketones (excluding diaryl/α,β-unsaturated/α-hetero) is 1. The maximum Gasteiger partial charge on any atom is 0.301 e. The number of hydrogen-bond donors (Lipinski definition) is 2. The second-order valence-electron chi connectivity index (χ2n) is 7.84. The molecule has 1 amide bonds. The summed E-state index contributed by atoms with van der Waals surface area (Å²) in [5.41, 5.74) is 0.395. The summed E-state index contributed by atoms with van der Waals surface area (Å²) in [6.07, 6.45) is 0. The number of benzene rings is 3.